The molecule has 3 fully saturated rings. The normalized spacial score (nSPS) is 21.6. The van der Waals surface area contributed by atoms with Crippen molar-refractivity contribution < 1.29 is 42.9 Å². The largest absolute Gasteiger partial charge is 0.514 e. The molecule has 4 amide bonds. The number of halogens is 2. The molecule has 4 aliphatic carbocycles. The van der Waals surface area contributed by atoms with E-state index in [4.69, 9.17) is 42.1 Å². The van der Waals surface area contributed by atoms with Gasteiger partial charge in [-0.1, -0.05) is 180 Å². The first-order valence-electron chi connectivity index (χ1n) is 36.6. The highest BCUT2D eigenvalue weighted by atomic mass is 35.5. The maximum absolute atomic E-state index is 14.8. The molecule has 0 spiro atoms. The molecule has 18 heteroatoms. The fourth-order valence-corrected chi connectivity index (χ4v) is 17.4. The molecular weight excluding hydrogens is 1310 g/mol. The van der Waals surface area contributed by atoms with Crippen LogP contribution in [0.15, 0.2) is 168 Å². The quantitative estimate of drug-likeness (QED) is 0.00640. The van der Waals surface area contributed by atoms with Gasteiger partial charge >= 0.3 is 6.16 Å². The number of rotatable bonds is 34. The topological polar surface area (TPSA) is 212 Å². The van der Waals surface area contributed by atoms with Gasteiger partial charge in [-0.15, -0.1) is 4.91 Å². The number of benzene rings is 6. The predicted octanol–water partition coefficient (Wildman–Crippen LogP) is 17.7. The molecule has 6 aromatic carbocycles. The smallest absolute Gasteiger partial charge is 0.497 e. The summed E-state index contributed by atoms with van der Waals surface area (Å²) in [6.45, 7) is 13.8. The van der Waals surface area contributed by atoms with Crippen molar-refractivity contribution >= 4 is 64.4 Å². The minimum atomic E-state index is -1.20. The van der Waals surface area contributed by atoms with Crippen LogP contribution in [-0.4, -0.2) is 74.8 Å². The number of hydrogen-bond donors (Lipinski definition) is 5. The Morgan fingerprint density at radius 3 is 2.01 bits per heavy atom. The van der Waals surface area contributed by atoms with Gasteiger partial charge in [-0.25, -0.2) is 4.79 Å². The second-order valence-corrected chi connectivity index (χ2v) is 30.2. The molecule has 5 N–H and O–H groups in total. The fraction of sp³-hybridized carbons (Fsp3) is 0.482. The lowest BCUT2D eigenvalue weighted by Gasteiger charge is -2.58. The third-order valence-corrected chi connectivity index (χ3v) is 23.3. The second-order valence-electron chi connectivity index (χ2n) is 29.4. The number of allylic oxidation sites excluding steroid dienone is 1. The minimum Gasteiger partial charge on any atom is -0.497 e. The van der Waals surface area contributed by atoms with Crippen molar-refractivity contribution in [3.8, 4) is 11.5 Å². The summed E-state index contributed by atoms with van der Waals surface area (Å²) in [5.74, 6) is 3.72. The Bertz CT molecular complexity index is 3730. The van der Waals surface area contributed by atoms with E-state index in [0.29, 0.717) is 66.2 Å². The van der Waals surface area contributed by atoms with Crippen LogP contribution in [0.25, 0.3) is 0 Å². The highest BCUT2D eigenvalue weighted by Gasteiger charge is 2.59. The van der Waals surface area contributed by atoms with Gasteiger partial charge in [-0.3, -0.25) is 24.5 Å². The number of ether oxygens (including phenoxy) is 4. The summed E-state index contributed by atoms with van der Waals surface area (Å²) in [4.78, 5) is 80.1. The Morgan fingerprint density at radius 1 is 0.644 bits per heavy atom. The molecule has 0 radical (unpaired) electrons. The highest BCUT2D eigenvalue weighted by molar-refractivity contribution is 6.42. The zero-order valence-corrected chi connectivity index (χ0v) is 61.1. The van der Waals surface area contributed by atoms with Crippen LogP contribution in [0.4, 0.5) is 16.2 Å². The Hall–Kier alpha value is -7.89. The van der Waals surface area contributed by atoms with Crippen molar-refractivity contribution in [1.29, 1.82) is 0 Å². The van der Waals surface area contributed by atoms with Crippen LogP contribution in [0.2, 0.25) is 10.0 Å². The number of nitroso groups, excluding NO2 is 1. The minimum absolute atomic E-state index is 0.0104. The maximum Gasteiger partial charge on any atom is 0.514 e. The zero-order chi connectivity index (χ0) is 71.5. The molecule has 101 heavy (non-hydrogen) atoms. The molecule has 10 atom stereocenters. The Balaban J connectivity index is 0.749. The lowest BCUT2D eigenvalue weighted by atomic mass is 9.47. The van der Waals surface area contributed by atoms with Crippen molar-refractivity contribution in [2.45, 2.75) is 181 Å². The Morgan fingerprint density at radius 2 is 1.33 bits per heavy atom. The van der Waals surface area contributed by atoms with Crippen molar-refractivity contribution in [2.75, 3.05) is 32.1 Å². The van der Waals surface area contributed by atoms with Crippen LogP contribution < -0.4 is 36.1 Å². The van der Waals surface area contributed by atoms with Gasteiger partial charge < -0.3 is 40.2 Å². The number of carbonyl (C=O) groups is 5. The molecule has 0 unspecified atom stereocenters. The summed E-state index contributed by atoms with van der Waals surface area (Å²) >= 11 is 12.8. The van der Waals surface area contributed by atoms with Crippen LogP contribution in [0.1, 0.15) is 172 Å². The highest BCUT2D eigenvalue weighted by Crippen LogP contribution is 2.67. The van der Waals surface area contributed by atoms with Gasteiger partial charge in [0.1, 0.15) is 35.9 Å². The van der Waals surface area contributed by atoms with E-state index < -0.39 is 41.5 Å². The molecular formula is C83H102Cl2N6O10. The van der Waals surface area contributed by atoms with E-state index in [1.807, 2.05) is 48.5 Å². The number of fused-ring (bicyclic) bond motifs is 5. The van der Waals surface area contributed by atoms with Crippen molar-refractivity contribution in [3.05, 3.63) is 206 Å². The van der Waals surface area contributed by atoms with Gasteiger partial charge in [-0.2, -0.15) is 0 Å². The number of carbonyl (C=O) groups excluding carboxylic acids is 5. The van der Waals surface area contributed by atoms with E-state index >= 15 is 0 Å². The molecule has 0 saturated heterocycles. The summed E-state index contributed by atoms with van der Waals surface area (Å²) in [5.41, 5.74) is 6.33. The molecule has 0 bridgehead atoms. The maximum atomic E-state index is 14.8. The van der Waals surface area contributed by atoms with Gasteiger partial charge in [0.05, 0.1) is 28.8 Å². The van der Waals surface area contributed by atoms with Crippen LogP contribution in [0.3, 0.4) is 0 Å². The Labute approximate surface area is 606 Å². The average molecular weight is 1410 g/mol. The standard InChI is InChI=1S/C83H102Cl2N6O10/c1-55(2)17-15-18-56(3)69-39-40-70-68-38-29-62-53-67(44-46-81(62,4)71(68)45-47-82(69,70)5)99-50-16-48-86-76(92)42-43-77(93)89-75(52-58-26-41-72(84)73(85)51-58)79(95)90-74(78(94)88-63-30-24-57(25-31-63)54-100-80(96)101-66-36-32-64(91-97)33-37-66)23-13-14-49-87-83(59-19-9-7-10-20-59,60-21-11-8-12-22-60)61-27-34-65(98-6)35-28-61/h7-12,19-22,24-37,41,51,55-56,67-71,74-75,87H,13-18,23,38-40,42-50,52-54H2,1-6H3,(H,86,92)(H,88,94)(H,89,93)(H,90,95)/t56-,67+,68+,69-,70+,71+,74+,75+,81+,82-/m1/s1. The van der Waals surface area contributed by atoms with Gasteiger partial charge in [-0.05, 0) is 224 Å². The first-order valence-corrected chi connectivity index (χ1v) is 37.3. The molecule has 4 aliphatic rings. The molecule has 10 rings (SSSR count). The predicted molar refractivity (Wildman–Crippen MR) is 399 cm³/mol. The second kappa shape index (κ2) is 35.8. The van der Waals surface area contributed by atoms with E-state index in [0.717, 1.165) is 77.2 Å². The third-order valence-electron chi connectivity index (χ3n) is 22.5. The summed E-state index contributed by atoms with van der Waals surface area (Å²) in [6, 6.07) is 43.4. The number of unbranched alkanes of at least 4 members (excludes halogenated alkanes) is 1. The van der Waals surface area contributed by atoms with Gasteiger partial charge in [0.25, 0.3) is 0 Å². The number of nitrogens with zero attached hydrogens (tertiary/aromatic N) is 1. The van der Waals surface area contributed by atoms with Gasteiger partial charge in [0, 0.05) is 38.1 Å². The zero-order valence-electron chi connectivity index (χ0n) is 59.5. The van der Waals surface area contributed by atoms with E-state index in [1.54, 1.807) is 55.1 Å². The van der Waals surface area contributed by atoms with Crippen molar-refractivity contribution in [2.24, 2.45) is 51.5 Å². The molecule has 6 aromatic rings. The first-order chi connectivity index (χ1) is 48.8. The van der Waals surface area contributed by atoms with Crippen LogP contribution in [-0.2, 0) is 47.2 Å². The van der Waals surface area contributed by atoms with Gasteiger partial charge in [0.15, 0.2) is 0 Å². The number of hydrogen-bond acceptors (Lipinski definition) is 12. The number of methoxy groups -OCH3 is 1. The molecule has 538 valence electrons. The van der Waals surface area contributed by atoms with Crippen LogP contribution in [0, 0.1) is 51.2 Å². The van der Waals surface area contributed by atoms with E-state index in [9.17, 15) is 28.9 Å². The summed E-state index contributed by atoms with van der Waals surface area (Å²) in [7, 11) is 1.64. The van der Waals surface area contributed by atoms with Crippen LogP contribution >= 0.6 is 23.2 Å². The monoisotopic (exact) mass is 1410 g/mol. The van der Waals surface area contributed by atoms with Crippen molar-refractivity contribution in [1.82, 2.24) is 21.3 Å². The van der Waals surface area contributed by atoms with Crippen molar-refractivity contribution in [3.63, 3.8) is 0 Å². The lowest BCUT2D eigenvalue weighted by molar-refractivity contribution is -0.131. The first kappa shape index (κ1) is 75.8. The molecule has 3 saturated carbocycles. The lowest BCUT2D eigenvalue weighted by Crippen LogP contribution is -2.53. The Kier molecular flexibility index (Phi) is 26.9. The number of amides is 4. The average Bonchev–Trinajstić information content (AvgIpc) is 1.67. The SMILES string of the molecule is COc1ccc(C(NCCCC[C@H](NC(=O)[C@H](Cc2ccc(Cl)c(Cl)c2)NC(=O)CCC(=O)NCCCO[C@H]2CC[C@@]3(C)C(=CC[C@H]4[C@@H]5CC[C@H]([C@H](C)CCCC(C)C)[C@@]5(C)CC[C@@H]43)C2)C(=O)Nc2ccc(COC(=O)Oc3ccc(N=O)cc3)cc2)(c2ccccc2)c2ccccc2)cc1. The number of nitrogens with one attached hydrogen (secondary N) is 5. The third kappa shape index (κ3) is 19.4. The van der Waals surface area contributed by atoms with E-state index in [-0.39, 0.29) is 66.2 Å². The fourth-order valence-electron chi connectivity index (χ4n) is 17.1. The van der Waals surface area contributed by atoms with Gasteiger partial charge in [0.2, 0.25) is 23.6 Å². The summed E-state index contributed by atoms with van der Waals surface area (Å²) in [5, 5.41) is 19.1. The van der Waals surface area contributed by atoms with E-state index in [2.05, 4.69) is 109 Å². The molecule has 16 nitrogen and oxygen atoms in total. The molecule has 0 heterocycles. The summed E-state index contributed by atoms with van der Waals surface area (Å²) < 4.78 is 22.6. The molecule has 0 aromatic heterocycles. The van der Waals surface area contributed by atoms with Crippen LogP contribution in [0.5, 0.6) is 11.5 Å². The molecule has 0 aliphatic heterocycles. The number of anilines is 1. The van der Waals surface area contributed by atoms with E-state index in [1.165, 1.54) is 75.6 Å². The summed E-state index contributed by atoms with van der Waals surface area (Å²) in [6.07, 6.45) is 17.3.